The van der Waals surface area contributed by atoms with E-state index in [2.05, 4.69) is 13.8 Å². The molecule has 1 aromatic heterocycles. The van der Waals surface area contributed by atoms with E-state index in [0.717, 1.165) is 12.3 Å². The van der Waals surface area contributed by atoms with Gasteiger partial charge in [-0.05, 0) is 38.0 Å². The molecule has 3 heteroatoms. The van der Waals surface area contributed by atoms with Crippen LogP contribution in [0.4, 0.5) is 0 Å². The van der Waals surface area contributed by atoms with Crippen molar-refractivity contribution >= 4 is 11.3 Å². The van der Waals surface area contributed by atoms with Gasteiger partial charge in [0.1, 0.15) is 0 Å². The van der Waals surface area contributed by atoms with Gasteiger partial charge in [0, 0.05) is 17.3 Å². The Hall–Kier alpha value is -0.410. The molecular weight excluding hydrogens is 228 g/mol. The standard InChI is InChI=1S/C14H24N2S/c1-3-10-5-7-11(8-6-10)14-16-12(4-2)13(9-15)17-14/h10-11H,3-9,15H2,1-2H3. The summed E-state index contributed by atoms with van der Waals surface area (Å²) in [6, 6.07) is 0. The minimum absolute atomic E-state index is 0.658. The maximum absolute atomic E-state index is 5.78. The van der Waals surface area contributed by atoms with Gasteiger partial charge in [0.05, 0.1) is 10.7 Å². The fraction of sp³-hybridized carbons (Fsp3) is 0.786. The molecule has 1 aliphatic carbocycles. The van der Waals surface area contributed by atoms with Gasteiger partial charge >= 0.3 is 0 Å². The van der Waals surface area contributed by atoms with Crippen molar-refractivity contribution in [1.29, 1.82) is 0 Å². The summed E-state index contributed by atoms with van der Waals surface area (Å²) in [5.74, 6) is 1.68. The SMILES string of the molecule is CCc1nc(C2CCC(CC)CC2)sc1CN. The highest BCUT2D eigenvalue weighted by molar-refractivity contribution is 7.11. The molecule has 0 atom stereocenters. The molecule has 0 aliphatic heterocycles. The van der Waals surface area contributed by atoms with Crippen molar-refractivity contribution in [3.05, 3.63) is 15.6 Å². The second-order valence-electron chi connectivity index (χ2n) is 5.11. The van der Waals surface area contributed by atoms with Gasteiger partial charge in [-0.1, -0.05) is 20.3 Å². The maximum Gasteiger partial charge on any atom is 0.0962 e. The Morgan fingerprint density at radius 2 is 1.94 bits per heavy atom. The van der Waals surface area contributed by atoms with Crippen LogP contribution in [-0.2, 0) is 13.0 Å². The Balaban J connectivity index is 2.05. The first-order valence-electron chi connectivity index (χ1n) is 6.96. The molecule has 0 aromatic carbocycles. The van der Waals surface area contributed by atoms with Crippen molar-refractivity contribution in [2.24, 2.45) is 11.7 Å². The normalized spacial score (nSPS) is 25.1. The average molecular weight is 252 g/mol. The van der Waals surface area contributed by atoms with E-state index in [1.165, 1.54) is 47.7 Å². The van der Waals surface area contributed by atoms with E-state index in [-0.39, 0.29) is 0 Å². The Bertz CT molecular complexity index is 330. The zero-order valence-corrected chi connectivity index (χ0v) is 11.9. The molecule has 1 heterocycles. The van der Waals surface area contributed by atoms with Crippen LogP contribution >= 0.6 is 11.3 Å². The Labute approximate surface area is 109 Å². The summed E-state index contributed by atoms with van der Waals surface area (Å²) in [5.41, 5.74) is 7.02. The summed E-state index contributed by atoms with van der Waals surface area (Å²) >= 11 is 1.86. The van der Waals surface area contributed by atoms with Crippen molar-refractivity contribution in [3.8, 4) is 0 Å². The quantitative estimate of drug-likeness (QED) is 0.884. The summed E-state index contributed by atoms with van der Waals surface area (Å²) in [7, 11) is 0. The molecule has 96 valence electrons. The van der Waals surface area contributed by atoms with Crippen LogP contribution in [0.3, 0.4) is 0 Å². The minimum atomic E-state index is 0.658. The van der Waals surface area contributed by atoms with Crippen molar-refractivity contribution in [1.82, 2.24) is 4.98 Å². The highest BCUT2D eigenvalue weighted by atomic mass is 32.1. The van der Waals surface area contributed by atoms with Crippen molar-refractivity contribution in [2.45, 2.75) is 64.8 Å². The Kier molecular flexibility index (Phi) is 4.57. The number of nitrogens with two attached hydrogens (primary N) is 1. The first-order valence-corrected chi connectivity index (χ1v) is 7.78. The van der Waals surface area contributed by atoms with Gasteiger partial charge < -0.3 is 5.73 Å². The first-order chi connectivity index (χ1) is 8.28. The van der Waals surface area contributed by atoms with Crippen LogP contribution in [-0.4, -0.2) is 4.98 Å². The van der Waals surface area contributed by atoms with Gasteiger partial charge in [0.2, 0.25) is 0 Å². The van der Waals surface area contributed by atoms with Gasteiger partial charge in [-0.15, -0.1) is 11.3 Å². The highest BCUT2D eigenvalue weighted by Gasteiger charge is 2.24. The summed E-state index contributed by atoms with van der Waals surface area (Å²) in [5, 5.41) is 1.36. The molecule has 1 aromatic rings. The lowest BCUT2D eigenvalue weighted by molar-refractivity contribution is 0.318. The van der Waals surface area contributed by atoms with Crippen LogP contribution in [0.25, 0.3) is 0 Å². The van der Waals surface area contributed by atoms with Crippen molar-refractivity contribution < 1.29 is 0 Å². The molecule has 2 N–H and O–H groups in total. The van der Waals surface area contributed by atoms with Gasteiger partial charge in [-0.25, -0.2) is 4.98 Å². The molecule has 0 amide bonds. The van der Waals surface area contributed by atoms with Gasteiger partial charge in [-0.2, -0.15) is 0 Å². The molecule has 0 spiro atoms. The van der Waals surface area contributed by atoms with E-state index in [1.54, 1.807) is 0 Å². The van der Waals surface area contributed by atoms with Gasteiger partial charge in [0.25, 0.3) is 0 Å². The molecule has 2 rings (SSSR count). The zero-order valence-electron chi connectivity index (χ0n) is 11.0. The summed E-state index contributed by atoms with van der Waals surface area (Å²) in [6.07, 6.45) is 7.81. The number of hydrogen-bond acceptors (Lipinski definition) is 3. The van der Waals surface area contributed by atoms with E-state index in [0.29, 0.717) is 12.5 Å². The molecule has 0 unspecified atom stereocenters. The largest absolute Gasteiger partial charge is 0.326 e. The second-order valence-corrected chi connectivity index (χ2v) is 6.22. The molecule has 0 radical (unpaired) electrons. The Morgan fingerprint density at radius 1 is 1.24 bits per heavy atom. The number of hydrogen-bond donors (Lipinski definition) is 1. The van der Waals surface area contributed by atoms with Crippen molar-refractivity contribution in [2.75, 3.05) is 0 Å². The molecular formula is C14H24N2S. The third kappa shape index (κ3) is 2.89. The third-order valence-electron chi connectivity index (χ3n) is 4.09. The van der Waals surface area contributed by atoms with Crippen LogP contribution < -0.4 is 5.73 Å². The van der Waals surface area contributed by atoms with Crippen LogP contribution in [0, 0.1) is 5.92 Å². The number of rotatable bonds is 4. The first kappa shape index (κ1) is 13.0. The van der Waals surface area contributed by atoms with E-state index < -0.39 is 0 Å². The van der Waals surface area contributed by atoms with Crippen LogP contribution in [0.5, 0.6) is 0 Å². The molecule has 17 heavy (non-hydrogen) atoms. The fourth-order valence-corrected chi connectivity index (χ4v) is 4.03. The molecule has 0 bridgehead atoms. The number of aryl methyl sites for hydroxylation is 1. The minimum Gasteiger partial charge on any atom is -0.326 e. The summed E-state index contributed by atoms with van der Waals surface area (Å²) < 4.78 is 0. The van der Waals surface area contributed by atoms with E-state index >= 15 is 0 Å². The lowest BCUT2D eigenvalue weighted by Crippen LogP contribution is -2.12. The topological polar surface area (TPSA) is 38.9 Å². The molecule has 2 nitrogen and oxygen atoms in total. The summed E-state index contributed by atoms with van der Waals surface area (Å²) in [6.45, 7) is 5.15. The second kappa shape index (κ2) is 5.96. The lowest BCUT2D eigenvalue weighted by Gasteiger charge is -2.26. The lowest BCUT2D eigenvalue weighted by atomic mass is 9.81. The van der Waals surface area contributed by atoms with Crippen LogP contribution in [0.1, 0.15) is 67.4 Å². The van der Waals surface area contributed by atoms with Crippen molar-refractivity contribution in [3.63, 3.8) is 0 Å². The molecule has 1 aliphatic rings. The average Bonchev–Trinajstić information content (AvgIpc) is 2.82. The van der Waals surface area contributed by atoms with Gasteiger partial charge in [0.15, 0.2) is 0 Å². The number of thiazole rings is 1. The smallest absolute Gasteiger partial charge is 0.0962 e. The molecule has 0 saturated heterocycles. The van der Waals surface area contributed by atoms with E-state index in [1.807, 2.05) is 11.3 Å². The fourth-order valence-electron chi connectivity index (χ4n) is 2.83. The number of nitrogens with zero attached hydrogens (tertiary/aromatic N) is 1. The van der Waals surface area contributed by atoms with E-state index in [4.69, 9.17) is 10.7 Å². The van der Waals surface area contributed by atoms with Crippen LogP contribution in [0.2, 0.25) is 0 Å². The van der Waals surface area contributed by atoms with Crippen LogP contribution in [0.15, 0.2) is 0 Å². The highest BCUT2D eigenvalue weighted by Crippen LogP contribution is 2.39. The summed E-state index contributed by atoms with van der Waals surface area (Å²) in [4.78, 5) is 6.12. The molecule has 1 saturated carbocycles. The maximum atomic E-state index is 5.78. The third-order valence-corrected chi connectivity index (χ3v) is 5.37. The predicted molar refractivity (Wildman–Crippen MR) is 74.4 cm³/mol. The van der Waals surface area contributed by atoms with E-state index in [9.17, 15) is 0 Å². The van der Waals surface area contributed by atoms with Gasteiger partial charge in [-0.3, -0.25) is 0 Å². The number of aromatic nitrogens is 1. The monoisotopic (exact) mass is 252 g/mol. The predicted octanol–water partition coefficient (Wildman–Crippen LogP) is 3.85. The Morgan fingerprint density at radius 3 is 2.41 bits per heavy atom. The zero-order chi connectivity index (χ0) is 12.3. The molecule has 1 fully saturated rings.